The number of carbonyl (C=O) groups is 3. The summed E-state index contributed by atoms with van der Waals surface area (Å²) in [7, 11) is 0. The van der Waals surface area contributed by atoms with Crippen molar-refractivity contribution in [3.63, 3.8) is 0 Å². The van der Waals surface area contributed by atoms with Gasteiger partial charge in [0.2, 0.25) is 0 Å². The van der Waals surface area contributed by atoms with Crippen LogP contribution in [0.3, 0.4) is 0 Å². The third-order valence-electron chi connectivity index (χ3n) is 5.09. The summed E-state index contributed by atoms with van der Waals surface area (Å²) in [6.45, 7) is 3.65. The van der Waals surface area contributed by atoms with Crippen molar-refractivity contribution in [1.29, 1.82) is 0 Å². The molecular formula is C20H20N4O3. The largest absolute Gasteiger partial charge is 0.336 e. The van der Waals surface area contributed by atoms with Crippen molar-refractivity contribution in [2.45, 2.75) is 0 Å². The average molecular weight is 364 g/mol. The van der Waals surface area contributed by atoms with Gasteiger partial charge < -0.3 is 4.90 Å². The van der Waals surface area contributed by atoms with Crippen LogP contribution < -0.4 is 0 Å². The highest BCUT2D eigenvalue weighted by atomic mass is 16.2. The van der Waals surface area contributed by atoms with Crippen LogP contribution in [0.25, 0.3) is 0 Å². The Morgan fingerprint density at radius 1 is 0.889 bits per heavy atom. The van der Waals surface area contributed by atoms with Crippen molar-refractivity contribution in [1.82, 2.24) is 19.7 Å². The van der Waals surface area contributed by atoms with Gasteiger partial charge in [-0.25, -0.2) is 0 Å². The summed E-state index contributed by atoms with van der Waals surface area (Å²) < 4.78 is 0. The summed E-state index contributed by atoms with van der Waals surface area (Å²) in [5.41, 5.74) is 1.56. The van der Waals surface area contributed by atoms with Gasteiger partial charge in [-0.2, -0.15) is 0 Å². The molecule has 138 valence electrons. The van der Waals surface area contributed by atoms with Crippen molar-refractivity contribution in [2.75, 3.05) is 39.3 Å². The predicted octanol–water partition coefficient (Wildman–Crippen LogP) is 1.14. The first-order chi connectivity index (χ1) is 13.1. The van der Waals surface area contributed by atoms with E-state index in [9.17, 15) is 14.4 Å². The van der Waals surface area contributed by atoms with Gasteiger partial charge in [-0.3, -0.25) is 29.2 Å². The average Bonchev–Trinajstić information content (AvgIpc) is 2.97. The van der Waals surface area contributed by atoms with Crippen molar-refractivity contribution in [2.24, 2.45) is 0 Å². The minimum atomic E-state index is -0.221. The standard InChI is InChI=1S/C20H20N4O3/c25-18(15-4-3-7-21-14-15)23-11-8-22(9-12-23)10-13-24-19(26)16-5-1-2-6-17(16)20(24)27/h1-7,14H,8-13H2. The van der Waals surface area contributed by atoms with E-state index in [0.717, 1.165) is 13.1 Å². The maximum Gasteiger partial charge on any atom is 0.261 e. The summed E-state index contributed by atoms with van der Waals surface area (Å²) >= 11 is 0. The van der Waals surface area contributed by atoms with Gasteiger partial charge in [0.25, 0.3) is 17.7 Å². The molecule has 27 heavy (non-hydrogen) atoms. The number of fused-ring (bicyclic) bond motifs is 1. The molecule has 0 atom stereocenters. The van der Waals surface area contributed by atoms with E-state index in [1.165, 1.54) is 4.90 Å². The highest BCUT2D eigenvalue weighted by molar-refractivity contribution is 6.21. The van der Waals surface area contributed by atoms with Gasteiger partial charge in [-0.05, 0) is 24.3 Å². The molecule has 0 bridgehead atoms. The molecule has 0 N–H and O–H groups in total. The number of benzene rings is 1. The first-order valence-corrected chi connectivity index (χ1v) is 9.02. The molecule has 1 fully saturated rings. The van der Waals surface area contributed by atoms with Crippen molar-refractivity contribution in [3.05, 3.63) is 65.5 Å². The fourth-order valence-electron chi connectivity index (χ4n) is 3.53. The lowest BCUT2D eigenvalue weighted by atomic mass is 10.1. The number of pyridine rings is 1. The Morgan fingerprint density at radius 3 is 2.15 bits per heavy atom. The Bertz CT molecular complexity index is 841. The Hall–Kier alpha value is -3.06. The van der Waals surface area contributed by atoms with E-state index >= 15 is 0 Å². The number of nitrogens with zero attached hydrogens (tertiary/aromatic N) is 4. The number of rotatable bonds is 4. The van der Waals surface area contributed by atoms with Crippen LogP contribution >= 0.6 is 0 Å². The van der Waals surface area contributed by atoms with E-state index in [1.807, 2.05) is 4.90 Å². The van der Waals surface area contributed by atoms with E-state index in [-0.39, 0.29) is 17.7 Å². The Labute approximate surface area is 157 Å². The molecule has 2 aromatic rings. The monoisotopic (exact) mass is 364 g/mol. The minimum absolute atomic E-state index is 0.0110. The molecule has 0 aliphatic carbocycles. The zero-order chi connectivity index (χ0) is 18.8. The van der Waals surface area contributed by atoms with Crippen molar-refractivity contribution in [3.8, 4) is 0 Å². The van der Waals surface area contributed by atoms with Crippen LogP contribution in [0.1, 0.15) is 31.1 Å². The van der Waals surface area contributed by atoms with Crippen LogP contribution in [0, 0.1) is 0 Å². The van der Waals surface area contributed by atoms with E-state index in [2.05, 4.69) is 9.88 Å². The van der Waals surface area contributed by atoms with Crippen LogP contribution in [-0.2, 0) is 0 Å². The zero-order valence-electron chi connectivity index (χ0n) is 14.9. The molecule has 7 heteroatoms. The molecule has 3 heterocycles. The molecule has 0 spiro atoms. The first kappa shape index (κ1) is 17.4. The molecule has 2 aliphatic rings. The number of hydrogen-bond acceptors (Lipinski definition) is 5. The number of hydrogen-bond donors (Lipinski definition) is 0. The van der Waals surface area contributed by atoms with Gasteiger partial charge in [0, 0.05) is 51.7 Å². The molecule has 7 nitrogen and oxygen atoms in total. The van der Waals surface area contributed by atoms with E-state index < -0.39 is 0 Å². The molecule has 1 aromatic heterocycles. The number of carbonyl (C=O) groups excluding carboxylic acids is 3. The second kappa shape index (κ2) is 7.28. The van der Waals surface area contributed by atoms with Crippen LogP contribution in [0.2, 0.25) is 0 Å². The molecule has 0 radical (unpaired) electrons. The summed E-state index contributed by atoms with van der Waals surface area (Å²) in [6.07, 6.45) is 3.23. The zero-order valence-corrected chi connectivity index (χ0v) is 14.9. The van der Waals surface area contributed by atoms with Gasteiger partial charge in [0.1, 0.15) is 0 Å². The second-order valence-electron chi connectivity index (χ2n) is 6.68. The highest BCUT2D eigenvalue weighted by Gasteiger charge is 2.35. The van der Waals surface area contributed by atoms with Gasteiger partial charge in [-0.1, -0.05) is 12.1 Å². The summed E-state index contributed by atoms with van der Waals surface area (Å²) in [4.78, 5) is 46.6. The fourth-order valence-corrected chi connectivity index (χ4v) is 3.53. The van der Waals surface area contributed by atoms with Gasteiger partial charge in [-0.15, -0.1) is 0 Å². The predicted molar refractivity (Wildman–Crippen MR) is 98.4 cm³/mol. The number of imide groups is 1. The van der Waals surface area contributed by atoms with Crippen LogP contribution in [0.15, 0.2) is 48.8 Å². The molecule has 0 saturated carbocycles. The normalized spacial score (nSPS) is 17.3. The summed E-state index contributed by atoms with van der Waals surface area (Å²) in [5, 5.41) is 0. The Balaban J connectivity index is 1.30. The molecule has 0 unspecified atom stereocenters. The Kier molecular flexibility index (Phi) is 4.68. The van der Waals surface area contributed by atoms with Gasteiger partial charge in [0.15, 0.2) is 0 Å². The van der Waals surface area contributed by atoms with E-state index in [0.29, 0.717) is 42.9 Å². The lowest BCUT2D eigenvalue weighted by Crippen LogP contribution is -2.50. The second-order valence-corrected chi connectivity index (χ2v) is 6.68. The fraction of sp³-hybridized carbons (Fsp3) is 0.300. The molecular weight excluding hydrogens is 344 g/mol. The highest BCUT2D eigenvalue weighted by Crippen LogP contribution is 2.22. The molecule has 2 aliphatic heterocycles. The lowest BCUT2D eigenvalue weighted by Gasteiger charge is -2.35. The number of amides is 3. The van der Waals surface area contributed by atoms with Crippen LogP contribution in [-0.4, -0.2) is 76.7 Å². The maximum absolute atomic E-state index is 12.5. The quantitative estimate of drug-likeness (QED) is 0.761. The van der Waals surface area contributed by atoms with Crippen molar-refractivity contribution >= 4 is 17.7 Å². The lowest BCUT2D eigenvalue weighted by molar-refractivity contribution is 0.0578. The topological polar surface area (TPSA) is 73.8 Å². The Morgan fingerprint density at radius 2 is 1.56 bits per heavy atom. The molecule has 3 amide bonds. The SMILES string of the molecule is O=C(c1cccnc1)N1CCN(CCN2C(=O)c3ccccc3C2=O)CC1. The first-order valence-electron chi connectivity index (χ1n) is 9.02. The van der Waals surface area contributed by atoms with Crippen LogP contribution in [0.5, 0.6) is 0 Å². The molecule has 1 saturated heterocycles. The van der Waals surface area contributed by atoms with E-state index in [1.54, 1.807) is 48.8 Å². The maximum atomic E-state index is 12.5. The minimum Gasteiger partial charge on any atom is -0.336 e. The van der Waals surface area contributed by atoms with Gasteiger partial charge >= 0.3 is 0 Å². The summed E-state index contributed by atoms with van der Waals surface area (Å²) in [6, 6.07) is 10.4. The molecule has 1 aromatic carbocycles. The van der Waals surface area contributed by atoms with Gasteiger partial charge in [0.05, 0.1) is 16.7 Å². The third-order valence-corrected chi connectivity index (χ3v) is 5.09. The third kappa shape index (κ3) is 3.33. The molecule has 4 rings (SSSR count). The smallest absolute Gasteiger partial charge is 0.261 e. The number of piperazine rings is 1. The van der Waals surface area contributed by atoms with E-state index in [4.69, 9.17) is 0 Å². The van der Waals surface area contributed by atoms with Crippen LogP contribution in [0.4, 0.5) is 0 Å². The van der Waals surface area contributed by atoms with Crippen molar-refractivity contribution < 1.29 is 14.4 Å². The number of aromatic nitrogens is 1. The summed E-state index contributed by atoms with van der Waals surface area (Å²) in [5.74, 6) is -0.454.